The Labute approximate surface area is 91.1 Å². The van der Waals surface area contributed by atoms with Gasteiger partial charge in [-0.1, -0.05) is 6.92 Å². The van der Waals surface area contributed by atoms with E-state index in [2.05, 4.69) is 30.8 Å². The topological polar surface area (TPSA) is 47.1 Å². The Morgan fingerprint density at radius 2 is 2.20 bits per heavy atom. The zero-order chi connectivity index (χ0) is 11.2. The number of aryl methyl sites for hydroxylation is 1. The lowest BCUT2D eigenvalue weighted by atomic mass is 10.1. The van der Waals surface area contributed by atoms with Crippen molar-refractivity contribution in [2.45, 2.75) is 45.8 Å². The largest absolute Gasteiger partial charge is 0.382 e. The van der Waals surface area contributed by atoms with Crippen molar-refractivity contribution in [1.29, 1.82) is 0 Å². The van der Waals surface area contributed by atoms with Crippen molar-refractivity contribution in [1.82, 2.24) is 14.7 Å². The van der Waals surface area contributed by atoms with Crippen molar-refractivity contribution in [2.24, 2.45) is 7.05 Å². The zero-order valence-corrected chi connectivity index (χ0v) is 9.99. The van der Waals surface area contributed by atoms with Gasteiger partial charge >= 0.3 is 0 Å². The van der Waals surface area contributed by atoms with E-state index >= 15 is 0 Å². The Morgan fingerprint density at radius 3 is 2.73 bits per heavy atom. The quantitative estimate of drug-likeness (QED) is 0.804. The minimum Gasteiger partial charge on any atom is -0.382 e. The van der Waals surface area contributed by atoms with Crippen LogP contribution in [0.15, 0.2) is 0 Å². The molecule has 4 nitrogen and oxygen atoms in total. The van der Waals surface area contributed by atoms with Crippen LogP contribution in [0.25, 0.3) is 0 Å². The Morgan fingerprint density at radius 1 is 1.53 bits per heavy atom. The maximum absolute atomic E-state index is 5.91. The van der Waals surface area contributed by atoms with Crippen LogP contribution in [0.2, 0.25) is 0 Å². The molecular weight excluding hydrogens is 188 g/mol. The van der Waals surface area contributed by atoms with Crippen molar-refractivity contribution in [3.8, 4) is 0 Å². The summed E-state index contributed by atoms with van der Waals surface area (Å²) in [5.74, 6) is 0.703. The van der Waals surface area contributed by atoms with E-state index in [1.54, 1.807) is 0 Å². The van der Waals surface area contributed by atoms with Crippen LogP contribution in [0.4, 0.5) is 5.82 Å². The Hall–Kier alpha value is -1.03. The van der Waals surface area contributed by atoms with E-state index in [1.165, 1.54) is 11.3 Å². The standard InChI is InChI=1S/C11H20N4/c1-5-9-10-8(6-15(9)7(2)3)11(12)13-14(10)4/h7,9H,5-6H2,1-4H3,(H2,12,13). The molecule has 0 bridgehead atoms. The van der Waals surface area contributed by atoms with Gasteiger partial charge in [0, 0.05) is 25.2 Å². The third-order valence-corrected chi connectivity index (χ3v) is 3.33. The van der Waals surface area contributed by atoms with E-state index < -0.39 is 0 Å². The SMILES string of the molecule is CCC1c2c(c(N)nn2C)CN1C(C)C. The molecule has 0 fully saturated rings. The van der Waals surface area contributed by atoms with Gasteiger partial charge in [0.2, 0.25) is 0 Å². The van der Waals surface area contributed by atoms with Crippen LogP contribution in [0.3, 0.4) is 0 Å². The predicted octanol–water partition coefficient (Wildman–Crippen LogP) is 1.68. The van der Waals surface area contributed by atoms with E-state index in [4.69, 9.17) is 5.73 Å². The number of rotatable bonds is 2. The molecule has 0 spiro atoms. The first-order valence-corrected chi connectivity index (χ1v) is 5.63. The fourth-order valence-corrected chi connectivity index (χ4v) is 2.60. The second kappa shape index (κ2) is 3.52. The maximum atomic E-state index is 5.91. The van der Waals surface area contributed by atoms with E-state index in [-0.39, 0.29) is 0 Å². The second-order valence-electron chi connectivity index (χ2n) is 4.56. The number of nitrogens with zero attached hydrogens (tertiary/aromatic N) is 3. The lowest BCUT2D eigenvalue weighted by Gasteiger charge is -2.28. The van der Waals surface area contributed by atoms with Crippen LogP contribution in [0.5, 0.6) is 0 Å². The smallest absolute Gasteiger partial charge is 0.150 e. The highest BCUT2D eigenvalue weighted by atomic mass is 15.3. The summed E-state index contributed by atoms with van der Waals surface area (Å²) in [5, 5.41) is 4.29. The van der Waals surface area contributed by atoms with Crippen LogP contribution in [-0.4, -0.2) is 20.7 Å². The molecule has 4 heteroatoms. The number of nitrogen functional groups attached to an aromatic ring is 1. The molecule has 0 amide bonds. The van der Waals surface area contributed by atoms with Crippen molar-refractivity contribution in [2.75, 3.05) is 5.73 Å². The molecule has 15 heavy (non-hydrogen) atoms. The molecule has 2 heterocycles. The summed E-state index contributed by atoms with van der Waals surface area (Å²) in [6.07, 6.45) is 1.12. The van der Waals surface area contributed by atoms with Crippen LogP contribution in [-0.2, 0) is 13.6 Å². The lowest BCUT2D eigenvalue weighted by molar-refractivity contribution is 0.158. The first-order chi connectivity index (χ1) is 7.06. The van der Waals surface area contributed by atoms with E-state index in [0.717, 1.165) is 13.0 Å². The number of nitrogens with two attached hydrogens (primary N) is 1. The third-order valence-electron chi connectivity index (χ3n) is 3.33. The monoisotopic (exact) mass is 208 g/mol. The van der Waals surface area contributed by atoms with Gasteiger partial charge in [0.15, 0.2) is 0 Å². The van der Waals surface area contributed by atoms with Crippen molar-refractivity contribution in [3.63, 3.8) is 0 Å². The number of anilines is 1. The maximum Gasteiger partial charge on any atom is 0.150 e. The number of fused-ring (bicyclic) bond motifs is 1. The van der Waals surface area contributed by atoms with Gasteiger partial charge in [-0.2, -0.15) is 5.10 Å². The fourth-order valence-electron chi connectivity index (χ4n) is 2.60. The minimum absolute atomic E-state index is 0.481. The van der Waals surface area contributed by atoms with Gasteiger partial charge in [0.1, 0.15) is 5.82 Å². The third kappa shape index (κ3) is 1.44. The predicted molar refractivity (Wildman–Crippen MR) is 61.3 cm³/mol. The minimum atomic E-state index is 0.481. The first kappa shape index (κ1) is 10.5. The van der Waals surface area contributed by atoms with Gasteiger partial charge in [0.05, 0.1) is 11.7 Å². The molecule has 0 aliphatic carbocycles. The van der Waals surface area contributed by atoms with Gasteiger partial charge in [-0.3, -0.25) is 9.58 Å². The van der Waals surface area contributed by atoms with Gasteiger partial charge in [-0.15, -0.1) is 0 Å². The zero-order valence-electron chi connectivity index (χ0n) is 9.99. The van der Waals surface area contributed by atoms with Crippen LogP contribution in [0, 0.1) is 0 Å². The average Bonchev–Trinajstić information content (AvgIpc) is 2.66. The number of aromatic nitrogens is 2. The molecule has 1 aromatic heterocycles. The molecule has 2 rings (SSSR count). The summed E-state index contributed by atoms with van der Waals surface area (Å²) in [6.45, 7) is 7.64. The van der Waals surface area contributed by atoms with Crippen molar-refractivity contribution in [3.05, 3.63) is 11.3 Å². The molecular formula is C11H20N4. The molecule has 1 unspecified atom stereocenters. The second-order valence-corrected chi connectivity index (χ2v) is 4.56. The molecule has 1 aliphatic heterocycles. The normalized spacial score (nSPS) is 21.3. The molecule has 0 aromatic carbocycles. The van der Waals surface area contributed by atoms with Gasteiger partial charge in [0.25, 0.3) is 0 Å². The Bertz CT molecular complexity index is 367. The summed E-state index contributed by atoms with van der Waals surface area (Å²) in [6, 6.07) is 1.04. The van der Waals surface area contributed by atoms with E-state index in [0.29, 0.717) is 17.9 Å². The molecule has 0 saturated heterocycles. The Kier molecular flexibility index (Phi) is 2.46. The summed E-state index contributed by atoms with van der Waals surface area (Å²) in [5.41, 5.74) is 8.46. The van der Waals surface area contributed by atoms with Crippen molar-refractivity contribution < 1.29 is 0 Å². The van der Waals surface area contributed by atoms with Crippen LogP contribution in [0.1, 0.15) is 44.5 Å². The highest BCUT2D eigenvalue weighted by Crippen LogP contribution is 2.39. The van der Waals surface area contributed by atoms with Crippen LogP contribution >= 0.6 is 0 Å². The molecule has 0 saturated carbocycles. The molecule has 1 aliphatic rings. The summed E-state index contributed by atoms with van der Waals surface area (Å²) < 4.78 is 1.95. The first-order valence-electron chi connectivity index (χ1n) is 5.63. The lowest BCUT2D eigenvalue weighted by Crippen LogP contribution is -2.30. The summed E-state index contributed by atoms with van der Waals surface area (Å²) in [4.78, 5) is 2.49. The van der Waals surface area contributed by atoms with Crippen molar-refractivity contribution >= 4 is 5.82 Å². The van der Waals surface area contributed by atoms with E-state index in [1.807, 2.05) is 11.7 Å². The number of hydrogen-bond donors (Lipinski definition) is 1. The van der Waals surface area contributed by atoms with Gasteiger partial charge in [-0.05, 0) is 20.3 Å². The molecule has 1 atom stereocenters. The van der Waals surface area contributed by atoms with Gasteiger partial charge < -0.3 is 5.73 Å². The van der Waals surface area contributed by atoms with Gasteiger partial charge in [-0.25, -0.2) is 0 Å². The highest BCUT2D eigenvalue weighted by molar-refractivity contribution is 5.46. The Balaban J connectivity index is 2.42. The average molecular weight is 208 g/mol. The molecule has 2 N–H and O–H groups in total. The molecule has 0 radical (unpaired) electrons. The molecule has 1 aromatic rings. The molecule has 84 valence electrons. The van der Waals surface area contributed by atoms with Crippen LogP contribution < -0.4 is 5.73 Å². The van der Waals surface area contributed by atoms with E-state index in [9.17, 15) is 0 Å². The highest BCUT2D eigenvalue weighted by Gasteiger charge is 2.35. The fraction of sp³-hybridized carbons (Fsp3) is 0.727. The summed E-state index contributed by atoms with van der Waals surface area (Å²) in [7, 11) is 1.99. The number of hydrogen-bond acceptors (Lipinski definition) is 3. The summed E-state index contributed by atoms with van der Waals surface area (Å²) >= 11 is 0.